The van der Waals surface area contributed by atoms with Crippen LogP contribution in [0, 0.1) is 0 Å². The van der Waals surface area contributed by atoms with Crippen molar-refractivity contribution >= 4 is 11.1 Å². The summed E-state index contributed by atoms with van der Waals surface area (Å²) in [5.41, 5.74) is 6.55. The second kappa shape index (κ2) is 6.58. The predicted octanol–water partition coefficient (Wildman–Crippen LogP) is 1.32. The first-order chi connectivity index (χ1) is 8.08. The van der Waals surface area contributed by atoms with E-state index >= 15 is 0 Å². The van der Waals surface area contributed by atoms with Gasteiger partial charge in [0.05, 0.1) is 19.5 Å². The maximum Gasteiger partial charge on any atom is 0.161 e. The van der Waals surface area contributed by atoms with Crippen molar-refractivity contribution in [2.24, 2.45) is 5.73 Å². The second-order valence-electron chi connectivity index (χ2n) is 3.44. The summed E-state index contributed by atoms with van der Waals surface area (Å²) in [5.74, 6) is 1.21. The maximum atomic E-state index is 10.7. The predicted molar refractivity (Wildman–Crippen MR) is 66.7 cm³/mol. The molecular formula is C11H17NO4S. The van der Waals surface area contributed by atoms with Gasteiger partial charge in [-0.2, -0.15) is 0 Å². The van der Waals surface area contributed by atoms with Gasteiger partial charge in [0.2, 0.25) is 0 Å². The highest BCUT2D eigenvalue weighted by molar-refractivity contribution is 7.79. The van der Waals surface area contributed by atoms with Crippen LogP contribution in [0.3, 0.4) is 0 Å². The average molecular weight is 259 g/mol. The Morgan fingerprint density at radius 3 is 2.71 bits per heavy atom. The van der Waals surface area contributed by atoms with Crippen LogP contribution in [0.4, 0.5) is 0 Å². The summed E-state index contributed by atoms with van der Waals surface area (Å²) < 4.78 is 30.0. The fourth-order valence-corrected chi connectivity index (χ4v) is 1.94. The van der Waals surface area contributed by atoms with Gasteiger partial charge in [0.1, 0.15) is 0 Å². The largest absolute Gasteiger partial charge is 0.493 e. The Hall–Kier alpha value is -1.11. The Bertz CT molecular complexity index is 397. The highest BCUT2D eigenvalue weighted by Crippen LogP contribution is 2.29. The van der Waals surface area contributed by atoms with Crippen molar-refractivity contribution in [3.63, 3.8) is 0 Å². The molecule has 0 aliphatic heterocycles. The number of hydrogen-bond donors (Lipinski definition) is 2. The quantitative estimate of drug-likeness (QED) is 0.753. The molecule has 1 aromatic rings. The lowest BCUT2D eigenvalue weighted by molar-refractivity contribution is 0.310. The van der Waals surface area contributed by atoms with Gasteiger partial charge in [-0.05, 0) is 24.6 Å². The van der Waals surface area contributed by atoms with E-state index in [0.717, 1.165) is 5.56 Å². The minimum absolute atomic E-state index is 0.00209. The summed E-state index contributed by atoms with van der Waals surface area (Å²) >= 11 is -1.91. The molecule has 6 heteroatoms. The number of ether oxygens (including phenoxy) is 2. The summed E-state index contributed by atoms with van der Waals surface area (Å²) in [6.45, 7) is 2.38. The first-order valence-corrected chi connectivity index (χ1v) is 6.49. The molecule has 0 heterocycles. The van der Waals surface area contributed by atoms with E-state index in [-0.39, 0.29) is 5.75 Å². The maximum absolute atomic E-state index is 10.7. The van der Waals surface area contributed by atoms with Gasteiger partial charge in [-0.15, -0.1) is 0 Å². The first-order valence-electron chi connectivity index (χ1n) is 5.22. The normalized spacial score (nSPS) is 14.1. The fraction of sp³-hybridized carbons (Fsp3) is 0.455. The molecule has 5 nitrogen and oxygen atoms in total. The third-order valence-electron chi connectivity index (χ3n) is 2.24. The van der Waals surface area contributed by atoms with E-state index in [9.17, 15) is 4.21 Å². The SMILES string of the molecule is CCOc1cc([C@H](N)CS(=O)O)ccc1OC. The van der Waals surface area contributed by atoms with Crippen molar-refractivity contribution in [1.29, 1.82) is 0 Å². The summed E-state index contributed by atoms with van der Waals surface area (Å²) in [6, 6.07) is 4.74. The van der Waals surface area contributed by atoms with Crippen LogP contribution in [-0.2, 0) is 11.1 Å². The van der Waals surface area contributed by atoms with Crippen molar-refractivity contribution in [2.75, 3.05) is 19.5 Å². The van der Waals surface area contributed by atoms with Crippen LogP contribution in [0.5, 0.6) is 11.5 Å². The summed E-state index contributed by atoms with van der Waals surface area (Å²) in [4.78, 5) is 0. The smallest absolute Gasteiger partial charge is 0.161 e. The van der Waals surface area contributed by atoms with Crippen molar-refractivity contribution in [1.82, 2.24) is 0 Å². The topological polar surface area (TPSA) is 81.8 Å². The Kier molecular flexibility index (Phi) is 5.40. The van der Waals surface area contributed by atoms with Gasteiger partial charge < -0.3 is 19.8 Å². The molecule has 1 aromatic carbocycles. The summed E-state index contributed by atoms with van der Waals surface area (Å²) in [7, 11) is 1.56. The van der Waals surface area contributed by atoms with Crippen LogP contribution >= 0.6 is 0 Å². The molecule has 1 rings (SSSR count). The highest BCUT2D eigenvalue weighted by Gasteiger charge is 2.12. The van der Waals surface area contributed by atoms with Crippen LogP contribution in [0.25, 0.3) is 0 Å². The molecule has 3 N–H and O–H groups in total. The molecule has 17 heavy (non-hydrogen) atoms. The molecule has 0 saturated heterocycles. The van der Waals surface area contributed by atoms with Gasteiger partial charge in [-0.25, -0.2) is 4.21 Å². The Morgan fingerprint density at radius 2 is 2.18 bits per heavy atom. The molecule has 96 valence electrons. The lowest BCUT2D eigenvalue weighted by atomic mass is 10.1. The highest BCUT2D eigenvalue weighted by atomic mass is 32.2. The van der Waals surface area contributed by atoms with E-state index in [4.69, 9.17) is 19.8 Å². The van der Waals surface area contributed by atoms with Crippen LogP contribution < -0.4 is 15.2 Å². The third-order valence-corrected chi connectivity index (χ3v) is 2.88. The zero-order valence-electron chi connectivity index (χ0n) is 9.88. The third kappa shape index (κ3) is 3.99. The van der Waals surface area contributed by atoms with E-state index in [2.05, 4.69) is 0 Å². The van der Waals surface area contributed by atoms with Crippen molar-refractivity contribution < 1.29 is 18.2 Å². The minimum atomic E-state index is -1.91. The molecule has 2 atom stereocenters. The Balaban J connectivity index is 2.94. The van der Waals surface area contributed by atoms with Gasteiger partial charge in [0.25, 0.3) is 0 Å². The lowest BCUT2D eigenvalue weighted by Gasteiger charge is -2.14. The molecule has 0 amide bonds. The van der Waals surface area contributed by atoms with Crippen molar-refractivity contribution in [3.8, 4) is 11.5 Å². The van der Waals surface area contributed by atoms with Gasteiger partial charge in [-0.1, -0.05) is 6.07 Å². The van der Waals surface area contributed by atoms with Crippen LogP contribution in [0.15, 0.2) is 18.2 Å². The van der Waals surface area contributed by atoms with Crippen LogP contribution in [0.2, 0.25) is 0 Å². The molecule has 0 spiro atoms. The molecule has 0 fully saturated rings. The average Bonchev–Trinajstić information content (AvgIpc) is 2.28. The van der Waals surface area contributed by atoms with Gasteiger partial charge >= 0.3 is 0 Å². The molecule has 0 aliphatic carbocycles. The van der Waals surface area contributed by atoms with E-state index in [1.807, 2.05) is 6.92 Å². The first kappa shape index (κ1) is 14.0. The summed E-state index contributed by atoms with van der Waals surface area (Å²) in [5, 5.41) is 0. The van der Waals surface area contributed by atoms with Crippen molar-refractivity contribution in [2.45, 2.75) is 13.0 Å². The van der Waals surface area contributed by atoms with E-state index in [1.165, 1.54) is 0 Å². The second-order valence-corrected chi connectivity index (χ2v) is 4.41. The molecule has 1 unspecified atom stereocenters. The standard InChI is InChI=1S/C11H17NO4S/c1-3-16-11-6-8(4-5-10(11)15-2)9(12)7-17(13)14/h4-6,9H,3,7,12H2,1-2H3,(H,13,14)/t9-/m1/s1. The lowest BCUT2D eigenvalue weighted by Crippen LogP contribution is -2.18. The van der Waals surface area contributed by atoms with E-state index in [0.29, 0.717) is 18.1 Å². The van der Waals surface area contributed by atoms with E-state index < -0.39 is 17.1 Å². The van der Waals surface area contributed by atoms with Crippen molar-refractivity contribution in [3.05, 3.63) is 23.8 Å². The molecular weight excluding hydrogens is 242 g/mol. The van der Waals surface area contributed by atoms with Crippen LogP contribution in [-0.4, -0.2) is 28.2 Å². The fourth-order valence-electron chi connectivity index (χ4n) is 1.44. The number of nitrogens with two attached hydrogens (primary N) is 1. The number of methoxy groups -OCH3 is 1. The number of hydrogen-bond acceptors (Lipinski definition) is 4. The Morgan fingerprint density at radius 1 is 1.47 bits per heavy atom. The molecule has 0 bridgehead atoms. The number of benzene rings is 1. The zero-order valence-corrected chi connectivity index (χ0v) is 10.7. The molecule has 0 aliphatic rings. The van der Waals surface area contributed by atoms with Gasteiger partial charge in [0, 0.05) is 6.04 Å². The summed E-state index contributed by atoms with van der Waals surface area (Å²) in [6.07, 6.45) is 0. The van der Waals surface area contributed by atoms with Crippen LogP contribution in [0.1, 0.15) is 18.5 Å². The van der Waals surface area contributed by atoms with Gasteiger partial charge in [-0.3, -0.25) is 0 Å². The van der Waals surface area contributed by atoms with E-state index in [1.54, 1.807) is 25.3 Å². The van der Waals surface area contributed by atoms with Gasteiger partial charge in [0.15, 0.2) is 22.6 Å². The monoisotopic (exact) mass is 259 g/mol. The Labute approximate surface area is 103 Å². The molecule has 0 radical (unpaired) electrons. The molecule has 0 aromatic heterocycles. The zero-order chi connectivity index (χ0) is 12.8. The molecule has 0 saturated carbocycles. The number of rotatable bonds is 6. The minimum Gasteiger partial charge on any atom is -0.493 e.